The summed E-state index contributed by atoms with van der Waals surface area (Å²) in [5, 5.41) is 2.97. The molecule has 1 saturated heterocycles. The van der Waals surface area contributed by atoms with Crippen LogP contribution in [-0.2, 0) is 14.8 Å². The Labute approximate surface area is 207 Å². The molecule has 0 spiro atoms. The van der Waals surface area contributed by atoms with Crippen molar-refractivity contribution in [2.45, 2.75) is 32.6 Å². The number of morpholine rings is 1. The lowest BCUT2D eigenvalue weighted by Gasteiger charge is -2.30. The Morgan fingerprint density at radius 3 is 2.09 bits per heavy atom. The number of anilines is 3. The van der Waals surface area contributed by atoms with E-state index < -0.39 is 15.9 Å². The third kappa shape index (κ3) is 5.18. The molecule has 0 saturated carbocycles. The number of hydrogen-bond acceptors (Lipinski definition) is 5. The highest BCUT2D eigenvalue weighted by atomic mass is 32.2. The predicted molar refractivity (Wildman–Crippen MR) is 140 cm³/mol. The number of sulfonamides is 1. The van der Waals surface area contributed by atoms with Gasteiger partial charge in [0.2, 0.25) is 0 Å². The number of hydrogen-bond donors (Lipinski definition) is 2. The van der Waals surface area contributed by atoms with Gasteiger partial charge in [-0.1, -0.05) is 30.3 Å². The van der Waals surface area contributed by atoms with Crippen LogP contribution in [0.15, 0.2) is 59.5 Å². The fraction of sp³-hybridized carbons (Fsp3) is 0.296. The quantitative estimate of drug-likeness (QED) is 0.515. The first-order chi connectivity index (χ1) is 16.7. The maximum atomic E-state index is 13.5. The summed E-state index contributed by atoms with van der Waals surface area (Å²) < 4.78 is 35.1. The Morgan fingerprint density at radius 2 is 1.43 bits per heavy atom. The maximum Gasteiger partial charge on any atom is 0.262 e. The fourth-order valence-electron chi connectivity index (χ4n) is 4.40. The number of benzene rings is 3. The van der Waals surface area contributed by atoms with Gasteiger partial charge >= 0.3 is 0 Å². The highest BCUT2D eigenvalue weighted by Gasteiger charge is 2.25. The van der Waals surface area contributed by atoms with Crippen LogP contribution in [-0.4, -0.2) is 40.6 Å². The summed E-state index contributed by atoms with van der Waals surface area (Å²) in [5.74, 6) is -0.391. The third-order valence-electron chi connectivity index (χ3n) is 6.49. The Morgan fingerprint density at radius 1 is 0.857 bits per heavy atom. The molecule has 0 radical (unpaired) electrons. The highest BCUT2D eigenvalue weighted by molar-refractivity contribution is 7.92. The Hall–Kier alpha value is -3.36. The first-order valence-electron chi connectivity index (χ1n) is 11.6. The molecule has 0 unspecified atom stereocenters. The molecule has 7 nitrogen and oxygen atoms in total. The molecule has 1 heterocycles. The number of ether oxygens (including phenoxy) is 1. The van der Waals surface area contributed by atoms with Gasteiger partial charge in [0.25, 0.3) is 15.9 Å². The number of rotatable bonds is 6. The molecule has 8 heteroatoms. The maximum absolute atomic E-state index is 13.5. The molecule has 2 N–H and O–H groups in total. The van der Waals surface area contributed by atoms with Crippen molar-refractivity contribution in [1.82, 2.24) is 0 Å². The van der Waals surface area contributed by atoms with E-state index in [9.17, 15) is 13.2 Å². The van der Waals surface area contributed by atoms with E-state index in [0.29, 0.717) is 30.0 Å². The lowest BCUT2D eigenvalue weighted by Crippen LogP contribution is -2.36. The van der Waals surface area contributed by atoms with Crippen molar-refractivity contribution in [1.29, 1.82) is 0 Å². The number of carbonyl (C=O) groups is 1. The van der Waals surface area contributed by atoms with Crippen LogP contribution in [0.5, 0.6) is 0 Å². The minimum Gasteiger partial charge on any atom is -0.378 e. The second-order valence-corrected chi connectivity index (χ2v) is 10.4. The summed E-state index contributed by atoms with van der Waals surface area (Å²) in [6.45, 7) is 10.1. The van der Waals surface area contributed by atoms with Crippen molar-refractivity contribution in [2.24, 2.45) is 0 Å². The van der Waals surface area contributed by atoms with Gasteiger partial charge in [0, 0.05) is 13.1 Å². The van der Waals surface area contributed by atoms with E-state index in [-0.39, 0.29) is 16.1 Å². The van der Waals surface area contributed by atoms with Gasteiger partial charge in [-0.15, -0.1) is 0 Å². The molecule has 1 fully saturated rings. The van der Waals surface area contributed by atoms with Crippen LogP contribution < -0.4 is 14.9 Å². The first-order valence-corrected chi connectivity index (χ1v) is 13.1. The minimum absolute atomic E-state index is 0.229. The molecule has 1 aliphatic heterocycles. The monoisotopic (exact) mass is 493 g/mol. The molecule has 4 rings (SSSR count). The van der Waals surface area contributed by atoms with Gasteiger partial charge < -0.3 is 15.0 Å². The van der Waals surface area contributed by atoms with Crippen molar-refractivity contribution in [3.05, 3.63) is 82.4 Å². The standard InChI is InChI=1S/C27H31N3O4S/c1-18-17-19(2)21(4)26(20(18)3)35(32,33)29-23-10-6-5-9-22(23)27(31)28-24-11-7-8-12-25(24)30-13-15-34-16-14-30/h5-12,17,29H,13-16H2,1-4H3,(H,28,31). The van der Waals surface area contributed by atoms with Gasteiger partial charge in [-0.05, 0) is 74.2 Å². The Bertz CT molecular complexity index is 1340. The van der Waals surface area contributed by atoms with E-state index in [1.807, 2.05) is 44.2 Å². The van der Waals surface area contributed by atoms with E-state index in [4.69, 9.17) is 4.74 Å². The van der Waals surface area contributed by atoms with E-state index in [1.54, 1.807) is 38.1 Å². The number of aryl methyl sites for hydroxylation is 2. The van der Waals surface area contributed by atoms with E-state index in [2.05, 4.69) is 14.9 Å². The molecule has 1 aliphatic rings. The Balaban J connectivity index is 1.65. The van der Waals surface area contributed by atoms with Gasteiger partial charge in [0.15, 0.2) is 0 Å². The van der Waals surface area contributed by atoms with Crippen molar-refractivity contribution < 1.29 is 17.9 Å². The molecule has 0 atom stereocenters. The fourth-order valence-corrected chi connectivity index (χ4v) is 6.10. The summed E-state index contributed by atoms with van der Waals surface area (Å²) >= 11 is 0. The van der Waals surface area contributed by atoms with Crippen LogP contribution in [0.3, 0.4) is 0 Å². The zero-order valence-corrected chi connectivity index (χ0v) is 21.3. The summed E-state index contributed by atoms with van der Waals surface area (Å²) in [7, 11) is -3.93. The van der Waals surface area contributed by atoms with Crippen LogP contribution in [0.2, 0.25) is 0 Å². The lowest BCUT2D eigenvalue weighted by atomic mass is 10.0. The zero-order chi connectivity index (χ0) is 25.2. The number of nitrogens with one attached hydrogen (secondary N) is 2. The lowest BCUT2D eigenvalue weighted by molar-refractivity contribution is 0.102. The van der Waals surface area contributed by atoms with Gasteiger partial charge in [-0.3, -0.25) is 9.52 Å². The van der Waals surface area contributed by atoms with Crippen molar-refractivity contribution in [2.75, 3.05) is 41.2 Å². The van der Waals surface area contributed by atoms with Crippen LogP contribution >= 0.6 is 0 Å². The largest absolute Gasteiger partial charge is 0.378 e. The number of nitrogens with zero attached hydrogens (tertiary/aromatic N) is 1. The van der Waals surface area contributed by atoms with Crippen LogP contribution in [0, 0.1) is 27.7 Å². The van der Waals surface area contributed by atoms with E-state index in [0.717, 1.165) is 29.9 Å². The third-order valence-corrected chi connectivity index (χ3v) is 8.12. The van der Waals surface area contributed by atoms with Crippen molar-refractivity contribution in [3.8, 4) is 0 Å². The Kier molecular flexibility index (Phi) is 7.14. The van der Waals surface area contributed by atoms with Crippen LogP contribution in [0.1, 0.15) is 32.6 Å². The number of amides is 1. The van der Waals surface area contributed by atoms with Gasteiger partial charge in [0.1, 0.15) is 0 Å². The molecule has 3 aromatic rings. The molecular formula is C27H31N3O4S. The molecular weight excluding hydrogens is 462 g/mol. The normalized spacial score (nSPS) is 14.0. The van der Waals surface area contributed by atoms with E-state index in [1.165, 1.54) is 0 Å². The summed E-state index contributed by atoms with van der Waals surface area (Å²) in [4.78, 5) is 15.8. The van der Waals surface area contributed by atoms with Gasteiger partial charge in [-0.2, -0.15) is 0 Å². The predicted octanol–water partition coefficient (Wildman–Crippen LogP) is 4.81. The molecule has 0 aliphatic carbocycles. The van der Waals surface area contributed by atoms with Gasteiger partial charge in [0.05, 0.1) is 40.7 Å². The molecule has 0 aromatic heterocycles. The average molecular weight is 494 g/mol. The smallest absolute Gasteiger partial charge is 0.262 e. The molecule has 184 valence electrons. The molecule has 3 aromatic carbocycles. The van der Waals surface area contributed by atoms with E-state index >= 15 is 0 Å². The van der Waals surface area contributed by atoms with Crippen molar-refractivity contribution in [3.63, 3.8) is 0 Å². The SMILES string of the molecule is Cc1cc(C)c(C)c(S(=O)(=O)Nc2ccccc2C(=O)Nc2ccccc2N2CCOCC2)c1C. The number of para-hydroxylation sites is 3. The summed E-state index contributed by atoms with van der Waals surface area (Å²) in [5.41, 5.74) is 5.24. The first kappa shape index (κ1) is 24.8. The molecule has 35 heavy (non-hydrogen) atoms. The second kappa shape index (κ2) is 10.1. The molecule has 0 bridgehead atoms. The van der Waals surface area contributed by atoms with Crippen LogP contribution in [0.25, 0.3) is 0 Å². The topological polar surface area (TPSA) is 87.7 Å². The summed E-state index contributed by atoms with van der Waals surface area (Å²) in [6, 6.07) is 16.2. The van der Waals surface area contributed by atoms with Gasteiger partial charge in [-0.25, -0.2) is 8.42 Å². The molecule has 1 amide bonds. The summed E-state index contributed by atoms with van der Waals surface area (Å²) in [6.07, 6.45) is 0. The highest BCUT2D eigenvalue weighted by Crippen LogP contribution is 2.30. The average Bonchev–Trinajstić information content (AvgIpc) is 2.84. The van der Waals surface area contributed by atoms with Crippen LogP contribution in [0.4, 0.5) is 17.1 Å². The minimum atomic E-state index is -3.93. The van der Waals surface area contributed by atoms with Crippen molar-refractivity contribution >= 4 is 33.0 Å². The second-order valence-electron chi connectivity index (χ2n) is 8.81. The zero-order valence-electron chi connectivity index (χ0n) is 20.5. The number of carbonyl (C=O) groups excluding carboxylic acids is 1.